The minimum absolute atomic E-state index is 0.0115. The van der Waals surface area contributed by atoms with Crippen LogP contribution in [0, 0.1) is 6.92 Å². The summed E-state index contributed by atoms with van der Waals surface area (Å²) in [6, 6.07) is 22.7. The largest absolute Gasteiger partial charge is 0.497 e. The molecule has 0 fully saturated rings. The molecule has 4 aromatic rings. The number of rotatable bonds is 7. The highest BCUT2D eigenvalue weighted by Crippen LogP contribution is 2.33. The van der Waals surface area contributed by atoms with Crippen LogP contribution in [0.2, 0.25) is 5.02 Å². The monoisotopic (exact) mass is 449 g/mol. The van der Waals surface area contributed by atoms with E-state index in [2.05, 4.69) is 10.2 Å². The number of carbonyl (C=O) groups is 1. The van der Waals surface area contributed by atoms with Crippen LogP contribution in [-0.2, 0) is 0 Å². The molecule has 1 aromatic heterocycles. The molecule has 0 bridgehead atoms. The lowest BCUT2D eigenvalue weighted by Gasteiger charge is -2.13. The molecule has 0 N–H and O–H groups in total. The topological polar surface area (TPSA) is 57.0 Å². The lowest BCUT2D eigenvalue weighted by atomic mass is 10.1. The third-order valence-electron chi connectivity index (χ3n) is 4.83. The number of halogens is 1. The third-order valence-corrected chi connectivity index (χ3v) is 6.09. The standard InChI is InChI=1S/C24H20ClN3O2S/c1-16-8-3-6-13-21(16)28-23(19-11-4-5-12-20(19)25)26-27-24(28)31-15-22(29)17-9-7-10-18(14-17)30-2/h3-14H,15H2,1-2H3. The molecular weight excluding hydrogens is 430 g/mol. The number of benzene rings is 3. The molecule has 31 heavy (non-hydrogen) atoms. The summed E-state index contributed by atoms with van der Waals surface area (Å²) in [4.78, 5) is 12.8. The molecule has 7 heteroatoms. The molecule has 4 rings (SSSR count). The first-order chi connectivity index (χ1) is 15.1. The Morgan fingerprint density at radius 3 is 2.58 bits per heavy atom. The van der Waals surface area contributed by atoms with Crippen LogP contribution < -0.4 is 4.74 Å². The first-order valence-corrected chi connectivity index (χ1v) is 11.0. The Morgan fingerprint density at radius 2 is 1.81 bits per heavy atom. The molecule has 0 amide bonds. The van der Waals surface area contributed by atoms with Crippen LogP contribution in [0.3, 0.4) is 0 Å². The second kappa shape index (κ2) is 9.37. The summed E-state index contributed by atoms with van der Waals surface area (Å²) in [5.41, 5.74) is 3.39. The highest BCUT2D eigenvalue weighted by Gasteiger charge is 2.20. The summed E-state index contributed by atoms with van der Waals surface area (Å²) >= 11 is 7.79. The predicted octanol–water partition coefficient (Wildman–Crippen LogP) is 5.88. The molecule has 1 heterocycles. The van der Waals surface area contributed by atoms with Crippen LogP contribution in [0.1, 0.15) is 15.9 Å². The maximum atomic E-state index is 12.8. The minimum atomic E-state index is -0.0115. The zero-order valence-electron chi connectivity index (χ0n) is 17.1. The van der Waals surface area contributed by atoms with E-state index in [0.717, 1.165) is 16.8 Å². The van der Waals surface area contributed by atoms with Gasteiger partial charge in [0.1, 0.15) is 5.75 Å². The third kappa shape index (κ3) is 4.50. The van der Waals surface area contributed by atoms with Gasteiger partial charge in [-0.25, -0.2) is 0 Å². The Hall–Kier alpha value is -3.09. The Labute approximate surface area is 190 Å². The van der Waals surface area contributed by atoms with Crippen molar-refractivity contribution < 1.29 is 9.53 Å². The number of methoxy groups -OCH3 is 1. The van der Waals surface area contributed by atoms with Crippen molar-refractivity contribution in [3.8, 4) is 22.8 Å². The number of aryl methyl sites for hydroxylation is 1. The molecule has 0 spiro atoms. The maximum Gasteiger partial charge on any atom is 0.196 e. The van der Waals surface area contributed by atoms with Crippen LogP contribution >= 0.6 is 23.4 Å². The van der Waals surface area contributed by atoms with Crippen molar-refractivity contribution in [1.29, 1.82) is 0 Å². The SMILES string of the molecule is COc1cccc(C(=O)CSc2nnc(-c3ccccc3Cl)n2-c2ccccc2C)c1. The fraction of sp³-hybridized carbons (Fsp3) is 0.125. The Bertz CT molecular complexity index is 1240. The van der Waals surface area contributed by atoms with E-state index in [4.69, 9.17) is 16.3 Å². The minimum Gasteiger partial charge on any atom is -0.497 e. The van der Waals surface area contributed by atoms with Crippen molar-refractivity contribution >= 4 is 29.1 Å². The number of carbonyl (C=O) groups excluding carboxylic acids is 1. The van der Waals surface area contributed by atoms with Gasteiger partial charge < -0.3 is 4.74 Å². The van der Waals surface area contributed by atoms with Gasteiger partial charge in [0.25, 0.3) is 0 Å². The van der Waals surface area contributed by atoms with E-state index < -0.39 is 0 Å². The fourth-order valence-electron chi connectivity index (χ4n) is 3.22. The molecular formula is C24H20ClN3O2S. The molecule has 3 aromatic carbocycles. The average Bonchev–Trinajstić information content (AvgIpc) is 3.21. The van der Waals surface area contributed by atoms with Gasteiger partial charge in [-0.3, -0.25) is 9.36 Å². The number of hydrogen-bond acceptors (Lipinski definition) is 5. The Kier molecular flexibility index (Phi) is 6.39. The number of thioether (sulfide) groups is 1. The van der Waals surface area contributed by atoms with Crippen LogP contribution in [0.25, 0.3) is 17.1 Å². The summed E-state index contributed by atoms with van der Waals surface area (Å²) in [5.74, 6) is 1.50. The zero-order valence-corrected chi connectivity index (χ0v) is 18.7. The molecule has 0 radical (unpaired) electrons. The highest BCUT2D eigenvalue weighted by molar-refractivity contribution is 7.99. The van der Waals surface area contributed by atoms with Gasteiger partial charge in [0.2, 0.25) is 0 Å². The number of Topliss-reactive ketones (excluding diaryl/α,β-unsaturated/α-hetero) is 1. The van der Waals surface area contributed by atoms with Gasteiger partial charge in [-0.05, 0) is 42.8 Å². The van der Waals surface area contributed by atoms with Crippen molar-refractivity contribution in [3.05, 3.63) is 88.9 Å². The number of hydrogen-bond donors (Lipinski definition) is 0. The van der Waals surface area contributed by atoms with E-state index in [-0.39, 0.29) is 11.5 Å². The quantitative estimate of drug-likeness (QED) is 0.260. The normalized spacial score (nSPS) is 10.8. The molecule has 0 saturated carbocycles. The van der Waals surface area contributed by atoms with E-state index in [0.29, 0.717) is 27.3 Å². The van der Waals surface area contributed by atoms with Gasteiger partial charge in [0, 0.05) is 11.1 Å². The molecule has 0 saturated heterocycles. The lowest BCUT2D eigenvalue weighted by molar-refractivity contribution is 0.102. The molecule has 156 valence electrons. The number of aromatic nitrogens is 3. The van der Waals surface area contributed by atoms with Crippen LogP contribution in [0.4, 0.5) is 0 Å². The molecule has 0 aliphatic rings. The number of ether oxygens (including phenoxy) is 1. The van der Waals surface area contributed by atoms with Crippen molar-refractivity contribution in [3.63, 3.8) is 0 Å². The van der Waals surface area contributed by atoms with Gasteiger partial charge >= 0.3 is 0 Å². The van der Waals surface area contributed by atoms with Crippen molar-refractivity contribution in [1.82, 2.24) is 14.8 Å². The van der Waals surface area contributed by atoms with Crippen molar-refractivity contribution in [2.24, 2.45) is 0 Å². The summed E-state index contributed by atoms with van der Waals surface area (Å²) in [6.07, 6.45) is 0. The second-order valence-corrected chi connectivity index (χ2v) is 8.20. The molecule has 0 aliphatic carbocycles. The average molecular weight is 450 g/mol. The van der Waals surface area contributed by atoms with Crippen molar-refractivity contribution in [2.75, 3.05) is 12.9 Å². The van der Waals surface area contributed by atoms with E-state index in [1.165, 1.54) is 11.8 Å². The van der Waals surface area contributed by atoms with Crippen LogP contribution in [0.5, 0.6) is 5.75 Å². The first-order valence-electron chi connectivity index (χ1n) is 9.65. The number of para-hydroxylation sites is 1. The summed E-state index contributed by atoms with van der Waals surface area (Å²) in [5, 5.41) is 10.0. The summed E-state index contributed by atoms with van der Waals surface area (Å²) in [7, 11) is 1.58. The highest BCUT2D eigenvalue weighted by atomic mass is 35.5. The van der Waals surface area contributed by atoms with E-state index in [9.17, 15) is 4.79 Å². The predicted molar refractivity (Wildman–Crippen MR) is 125 cm³/mol. The first kappa shape index (κ1) is 21.2. The van der Waals surface area contributed by atoms with Crippen LogP contribution in [-0.4, -0.2) is 33.4 Å². The van der Waals surface area contributed by atoms with Gasteiger partial charge in [0.05, 0.1) is 23.6 Å². The molecule has 0 aliphatic heterocycles. The van der Waals surface area contributed by atoms with E-state index >= 15 is 0 Å². The lowest BCUT2D eigenvalue weighted by Crippen LogP contribution is -2.06. The fourth-order valence-corrected chi connectivity index (χ4v) is 4.28. The Morgan fingerprint density at radius 1 is 1.03 bits per heavy atom. The van der Waals surface area contributed by atoms with Gasteiger partial charge in [0.15, 0.2) is 16.8 Å². The molecule has 5 nitrogen and oxygen atoms in total. The summed E-state index contributed by atoms with van der Waals surface area (Å²) in [6.45, 7) is 2.03. The number of ketones is 1. The smallest absolute Gasteiger partial charge is 0.196 e. The van der Waals surface area contributed by atoms with E-state index in [1.54, 1.807) is 19.2 Å². The summed E-state index contributed by atoms with van der Waals surface area (Å²) < 4.78 is 7.18. The van der Waals surface area contributed by atoms with Crippen LogP contribution in [0.15, 0.2) is 78.0 Å². The Balaban J connectivity index is 1.70. The van der Waals surface area contributed by atoms with E-state index in [1.807, 2.05) is 72.2 Å². The zero-order chi connectivity index (χ0) is 21.8. The maximum absolute atomic E-state index is 12.8. The van der Waals surface area contributed by atoms with Gasteiger partial charge in [-0.2, -0.15) is 0 Å². The second-order valence-electron chi connectivity index (χ2n) is 6.85. The number of nitrogens with zero attached hydrogens (tertiary/aromatic N) is 3. The molecule has 0 atom stereocenters. The molecule has 0 unspecified atom stereocenters. The van der Waals surface area contributed by atoms with Gasteiger partial charge in [-0.1, -0.05) is 65.8 Å². The van der Waals surface area contributed by atoms with Crippen molar-refractivity contribution in [2.45, 2.75) is 12.1 Å². The van der Waals surface area contributed by atoms with Gasteiger partial charge in [-0.15, -0.1) is 10.2 Å².